The van der Waals surface area contributed by atoms with Gasteiger partial charge >= 0.3 is 5.97 Å². The van der Waals surface area contributed by atoms with Gasteiger partial charge in [-0.1, -0.05) is 43.1 Å². The van der Waals surface area contributed by atoms with Gasteiger partial charge in [-0.15, -0.1) is 0 Å². The smallest absolute Gasteiger partial charge is 0.335 e. The Morgan fingerprint density at radius 1 is 1.07 bits per heavy atom. The first-order valence-electron chi connectivity index (χ1n) is 12.4. The number of anilines is 2. The third-order valence-electron chi connectivity index (χ3n) is 6.51. The Bertz CT molecular complexity index is 1610. The van der Waals surface area contributed by atoms with E-state index >= 15 is 0 Å². The fourth-order valence-corrected chi connectivity index (χ4v) is 5.24. The van der Waals surface area contributed by atoms with Crippen LogP contribution in [-0.2, 0) is 4.79 Å². The molecule has 0 spiro atoms. The second-order valence-electron chi connectivity index (χ2n) is 9.51. The lowest BCUT2D eigenvalue weighted by Crippen LogP contribution is -2.29. The summed E-state index contributed by atoms with van der Waals surface area (Å²) in [6.45, 7) is 3.61. The number of furan rings is 1. The van der Waals surface area contributed by atoms with E-state index in [4.69, 9.17) is 39.8 Å². The van der Waals surface area contributed by atoms with E-state index in [1.54, 1.807) is 44.3 Å². The molecule has 3 heterocycles. The third kappa shape index (κ3) is 5.40. The zero-order valence-electron chi connectivity index (χ0n) is 21.4. The van der Waals surface area contributed by atoms with Gasteiger partial charge in [-0.05, 0) is 72.9 Å². The van der Waals surface area contributed by atoms with Crippen LogP contribution in [-0.4, -0.2) is 27.1 Å². The lowest BCUT2D eigenvalue weighted by molar-refractivity contribution is -0.118. The van der Waals surface area contributed by atoms with Crippen LogP contribution in [0.1, 0.15) is 47.7 Å². The molecule has 4 aromatic rings. The van der Waals surface area contributed by atoms with Crippen LogP contribution >= 0.6 is 35.4 Å². The Kier molecular flexibility index (Phi) is 7.80. The highest BCUT2D eigenvalue weighted by Gasteiger charge is 2.42. The Morgan fingerprint density at radius 2 is 1.88 bits per heavy atom. The first kappa shape index (κ1) is 27.6. The number of carboxylic acid groups (broad SMARTS) is 1. The van der Waals surface area contributed by atoms with E-state index in [1.807, 2.05) is 29.2 Å². The summed E-state index contributed by atoms with van der Waals surface area (Å²) in [6, 6.07) is 18.0. The van der Waals surface area contributed by atoms with Crippen LogP contribution in [0.3, 0.4) is 0 Å². The van der Waals surface area contributed by atoms with Crippen molar-refractivity contribution in [2.45, 2.75) is 25.9 Å². The molecule has 40 heavy (non-hydrogen) atoms. The minimum atomic E-state index is -1.07. The number of nitrogens with one attached hydrogen (secondary N) is 2. The molecule has 1 amide bonds. The standard InChI is InChI=1S/C29H24Cl2N4O4S/c1-15(2)27(36)33-21-9-7-17(14-20(21)31)35-26(25(34-29(35)40)22-5-3-4-12-32-22)24-11-10-23(39-24)18-13-16(28(37)38)6-8-19(18)30/h3-15,25-26H,1-2H3,(H,33,36)(H,34,40)(H,37,38)/t25-,26-/m0/s1. The highest BCUT2D eigenvalue weighted by atomic mass is 35.5. The minimum absolute atomic E-state index is 0.0911. The van der Waals surface area contributed by atoms with E-state index in [9.17, 15) is 14.7 Å². The molecular formula is C29H24Cl2N4O4S. The molecule has 11 heteroatoms. The minimum Gasteiger partial charge on any atom is -0.478 e. The molecule has 3 N–H and O–H groups in total. The number of benzene rings is 2. The van der Waals surface area contributed by atoms with Crippen molar-refractivity contribution in [1.29, 1.82) is 0 Å². The van der Waals surface area contributed by atoms with E-state index in [-0.39, 0.29) is 23.4 Å². The average molecular weight is 596 g/mol. The van der Waals surface area contributed by atoms with Crippen molar-refractivity contribution < 1.29 is 19.1 Å². The van der Waals surface area contributed by atoms with E-state index in [1.165, 1.54) is 18.2 Å². The van der Waals surface area contributed by atoms with Crippen LogP contribution in [0.25, 0.3) is 11.3 Å². The van der Waals surface area contributed by atoms with E-state index < -0.39 is 12.0 Å². The number of rotatable bonds is 7. The molecule has 204 valence electrons. The van der Waals surface area contributed by atoms with Gasteiger partial charge in [-0.3, -0.25) is 9.78 Å². The lowest BCUT2D eigenvalue weighted by atomic mass is 10.0. The van der Waals surface area contributed by atoms with Crippen molar-refractivity contribution >= 4 is 63.8 Å². The summed E-state index contributed by atoms with van der Waals surface area (Å²) >= 11 is 18.8. The number of hydrogen-bond acceptors (Lipinski definition) is 5. The van der Waals surface area contributed by atoms with Crippen molar-refractivity contribution in [3.05, 3.63) is 100.0 Å². The maximum Gasteiger partial charge on any atom is 0.335 e. The highest BCUT2D eigenvalue weighted by molar-refractivity contribution is 7.80. The Labute approximate surface area is 245 Å². The maximum absolute atomic E-state index is 12.2. The van der Waals surface area contributed by atoms with Crippen molar-refractivity contribution in [3.63, 3.8) is 0 Å². The Hall–Kier alpha value is -3.92. The summed E-state index contributed by atoms with van der Waals surface area (Å²) in [6.07, 6.45) is 1.70. The lowest BCUT2D eigenvalue weighted by Gasteiger charge is -2.26. The number of thiocarbonyl (C=S) groups is 1. The number of carboxylic acids is 1. The monoisotopic (exact) mass is 594 g/mol. The van der Waals surface area contributed by atoms with Crippen molar-refractivity contribution in [2.75, 3.05) is 10.2 Å². The van der Waals surface area contributed by atoms with Gasteiger partial charge in [0.25, 0.3) is 0 Å². The third-order valence-corrected chi connectivity index (χ3v) is 7.47. The molecule has 0 radical (unpaired) electrons. The van der Waals surface area contributed by atoms with Crippen molar-refractivity contribution in [2.24, 2.45) is 5.92 Å². The second kappa shape index (κ2) is 11.3. The fourth-order valence-electron chi connectivity index (χ4n) is 4.46. The molecule has 0 unspecified atom stereocenters. The summed E-state index contributed by atoms with van der Waals surface area (Å²) < 4.78 is 6.32. The van der Waals surface area contributed by atoms with Gasteiger partial charge in [0.15, 0.2) is 5.11 Å². The predicted molar refractivity (Wildman–Crippen MR) is 159 cm³/mol. The quantitative estimate of drug-likeness (QED) is 0.194. The first-order chi connectivity index (χ1) is 19.1. The Balaban J connectivity index is 1.57. The number of carbonyl (C=O) groups is 2. The van der Waals surface area contributed by atoms with E-state index in [0.29, 0.717) is 43.6 Å². The van der Waals surface area contributed by atoms with Crippen molar-refractivity contribution in [3.8, 4) is 11.3 Å². The number of carbonyl (C=O) groups excluding carboxylic acids is 1. The van der Waals surface area contributed by atoms with Crippen LogP contribution in [0.15, 0.2) is 77.3 Å². The number of aromatic nitrogens is 1. The van der Waals surface area contributed by atoms with Crippen LogP contribution in [0.2, 0.25) is 10.0 Å². The number of nitrogens with zero attached hydrogens (tertiary/aromatic N) is 2. The number of aromatic carboxylic acids is 1. The van der Waals surface area contributed by atoms with Crippen LogP contribution in [0.5, 0.6) is 0 Å². The normalized spacial score (nSPS) is 16.7. The molecule has 1 aliphatic heterocycles. The molecule has 2 aromatic heterocycles. The molecule has 2 aromatic carbocycles. The summed E-state index contributed by atoms with van der Waals surface area (Å²) in [5.74, 6) is -0.461. The molecule has 0 saturated carbocycles. The number of halogens is 2. The molecule has 1 fully saturated rings. The number of amides is 1. The first-order valence-corrected chi connectivity index (χ1v) is 13.5. The largest absolute Gasteiger partial charge is 0.478 e. The fraction of sp³-hybridized carbons (Fsp3) is 0.172. The topological polar surface area (TPSA) is 108 Å². The molecule has 8 nitrogen and oxygen atoms in total. The average Bonchev–Trinajstić information content (AvgIpc) is 3.55. The molecular weight excluding hydrogens is 571 g/mol. The number of hydrogen-bond donors (Lipinski definition) is 3. The summed E-state index contributed by atoms with van der Waals surface area (Å²) in [5, 5.41) is 16.8. The molecule has 1 aliphatic rings. The van der Waals surface area contributed by atoms with Gasteiger partial charge in [-0.2, -0.15) is 0 Å². The van der Waals surface area contributed by atoms with Crippen LogP contribution in [0.4, 0.5) is 11.4 Å². The molecule has 0 aliphatic carbocycles. The second-order valence-corrected chi connectivity index (χ2v) is 10.7. The highest BCUT2D eigenvalue weighted by Crippen LogP contribution is 2.44. The van der Waals surface area contributed by atoms with Gasteiger partial charge < -0.3 is 25.1 Å². The SMILES string of the molecule is CC(C)C(=O)Nc1ccc(N2C(=S)N[C@@H](c3ccccn3)[C@@H]2c2ccc(-c3cc(C(=O)O)ccc3Cl)o2)cc1Cl. The van der Waals surface area contributed by atoms with Gasteiger partial charge in [0.05, 0.1) is 33.0 Å². The Morgan fingerprint density at radius 3 is 2.55 bits per heavy atom. The number of pyridine rings is 1. The summed E-state index contributed by atoms with van der Waals surface area (Å²) in [7, 11) is 0. The molecule has 0 bridgehead atoms. The van der Waals surface area contributed by atoms with Crippen LogP contribution < -0.4 is 15.5 Å². The van der Waals surface area contributed by atoms with Crippen molar-refractivity contribution in [1.82, 2.24) is 10.3 Å². The van der Waals surface area contributed by atoms with Gasteiger partial charge in [0.1, 0.15) is 17.6 Å². The van der Waals surface area contributed by atoms with Crippen LogP contribution in [0, 0.1) is 5.92 Å². The van der Waals surface area contributed by atoms with Gasteiger partial charge in [-0.25, -0.2) is 4.79 Å². The van der Waals surface area contributed by atoms with E-state index in [2.05, 4.69) is 15.6 Å². The zero-order chi connectivity index (χ0) is 28.6. The van der Waals surface area contributed by atoms with Gasteiger partial charge in [0, 0.05) is 23.4 Å². The predicted octanol–water partition coefficient (Wildman–Crippen LogP) is 7.12. The maximum atomic E-state index is 12.2. The molecule has 2 atom stereocenters. The zero-order valence-corrected chi connectivity index (χ0v) is 23.7. The summed E-state index contributed by atoms with van der Waals surface area (Å²) in [4.78, 5) is 30.2. The summed E-state index contributed by atoms with van der Waals surface area (Å²) in [5.41, 5.74) is 2.46. The molecule has 1 saturated heterocycles. The molecule has 5 rings (SSSR count). The van der Waals surface area contributed by atoms with E-state index in [0.717, 1.165) is 5.69 Å². The van der Waals surface area contributed by atoms with Gasteiger partial charge in [0.2, 0.25) is 5.91 Å².